The fourth-order valence-corrected chi connectivity index (χ4v) is 2.99. The van der Waals surface area contributed by atoms with E-state index < -0.39 is 0 Å². The molecule has 0 unspecified atom stereocenters. The maximum Gasteiger partial charge on any atom is 0.191 e. The maximum atomic E-state index is 5.43. The Morgan fingerprint density at radius 2 is 1.81 bits per heavy atom. The highest BCUT2D eigenvalue weighted by Gasteiger charge is 2.19. The zero-order valence-electron chi connectivity index (χ0n) is 16.6. The summed E-state index contributed by atoms with van der Waals surface area (Å²) in [4.78, 5) is 6.72. The van der Waals surface area contributed by atoms with Crippen LogP contribution in [0.5, 0.6) is 11.5 Å². The molecule has 0 fully saturated rings. The standard InChI is InChI=1S/C19H32N4O2.HI/c1-14(2)12-22-19(20-3)21-7-9-23-8-6-15-10-17(24-4)18(25-5)11-16(15)13-23;/h10-11,14H,6-9,12-13H2,1-5H3,(H2,20,21,22);1H. The molecule has 1 heterocycles. The predicted octanol–water partition coefficient (Wildman–Crippen LogP) is 2.50. The van der Waals surface area contributed by atoms with Gasteiger partial charge < -0.3 is 20.1 Å². The highest BCUT2D eigenvalue weighted by atomic mass is 127. The molecule has 1 aromatic rings. The minimum atomic E-state index is 0. The largest absolute Gasteiger partial charge is 0.493 e. The number of benzene rings is 1. The fourth-order valence-electron chi connectivity index (χ4n) is 2.99. The molecule has 26 heavy (non-hydrogen) atoms. The van der Waals surface area contributed by atoms with E-state index in [1.54, 1.807) is 14.2 Å². The second-order valence-electron chi connectivity index (χ2n) is 6.78. The van der Waals surface area contributed by atoms with Crippen molar-refractivity contribution >= 4 is 29.9 Å². The van der Waals surface area contributed by atoms with Crippen LogP contribution in [0.15, 0.2) is 17.1 Å². The van der Waals surface area contributed by atoms with Gasteiger partial charge in [0.1, 0.15) is 0 Å². The number of methoxy groups -OCH3 is 2. The van der Waals surface area contributed by atoms with Crippen LogP contribution in [0.1, 0.15) is 25.0 Å². The first-order valence-electron chi connectivity index (χ1n) is 8.98. The summed E-state index contributed by atoms with van der Waals surface area (Å²) in [5.74, 6) is 3.09. The second-order valence-corrected chi connectivity index (χ2v) is 6.78. The predicted molar refractivity (Wildman–Crippen MR) is 118 cm³/mol. The van der Waals surface area contributed by atoms with Crippen molar-refractivity contribution in [3.8, 4) is 11.5 Å². The number of nitrogens with zero attached hydrogens (tertiary/aromatic N) is 2. The Morgan fingerprint density at radius 3 is 2.38 bits per heavy atom. The lowest BCUT2D eigenvalue weighted by atomic mass is 9.99. The van der Waals surface area contributed by atoms with Crippen LogP contribution in [0.4, 0.5) is 0 Å². The van der Waals surface area contributed by atoms with E-state index in [0.717, 1.165) is 56.6 Å². The molecule has 2 rings (SSSR count). The maximum absolute atomic E-state index is 5.43. The first-order valence-corrected chi connectivity index (χ1v) is 8.98. The third-order valence-corrected chi connectivity index (χ3v) is 4.42. The van der Waals surface area contributed by atoms with Crippen molar-refractivity contribution in [1.29, 1.82) is 0 Å². The number of ether oxygens (including phenoxy) is 2. The number of guanidine groups is 1. The average Bonchev–Trinajstić information content (AvgIpc) is 2.62. The minimum absolute atomic E-state index is 0. The van der Waals surface area contributed by atoms with Gasteiger partial charge in [0.25, 0.3) is 0 Å². The third kappa shape index (κ3) is 6.50. The van der Waals surface area contributed by atoms with Gasteiger partial charge in [0, 0.05) is 39.8 Å². The lowest BCUT2D eigenvalue weighted by Gasteiger charge is -2.29. The highest BCUT2D eigenvalue weighted by molar-refractivity contribution is 14.0. The molecule has 0 spiro atoms. The van der Waals surface area contributed by atoms with Crippen molar-refractivity contribution in [2.24, 2.45) is 10.9 Å². The van der Waals surface area contributed by atoms with Crippen LogP contribution in [-0.2, 0) is 13.0 Å². The molecule has 0 aliphatic carbocycles. The van der Waals surface area contributed by atoms with Crippen LogP contribution in [0.25, 0.3) is 0 Å². The zero-order chi connectivity index (χ0) is 18.2. The molecule has 0 bridgehead atoms. The molecule has 1 aliphatic rings. The summed E-state index contributed by atoms with van der Waals surface area (Å²) in [5.41, 5.74) is 2.68. The van der Waals surface area contributed by atoms with Gasteiger partial charge in [-0.1, -0.05) is 13.8 Å². The number of aliphatic imine (C=N–C) groups is 1. The summed E-state index contributed by atoms with van der Waals surface area (Å²) < 4.78 is 10.8. The molecule has 0 atom stereocenters. The lowest BCUT2D eigenvalue weighted by molar-refractivity contribution is 0.256. The first-order chi connectivity index (χ1) is 12.1. The van der Waals surface area contributed by atoms with Gasteiger partial charge >= 0.3 is 0 Å². The molecule has 6 nitrogen and oxygen atoms in total. The number of hydrogen-bond donors (Lipinski definition) is 2. The van der Waals surface area contributed by atoms with Crippen LogP contribution in [0.2, 0.25) is 0 Å². The highest BCUT2D eigenvalue weighted by Crippen LogP contribution is 2.33. The van der Waals surface area contributed by atoms with Crippen LogP contribution in [-0.4, -0.2) is 58.3 Å². The molecule has 148 valence electrons. The molecule has 7 heteroatoms. The van der Waals surface area contributed by atoms with Crippen molar-refractivity contribution in [2.75, 3.05) is 47.4 Å². The summed E-state index contributed by atoms with van der Waals surface area (Å²) in [7, 11) is 5.18. The molecule has 0 saturated heterocycles. The lowest BCUT2D eigenvalue weighted by Crippen LogP contribution is -2.43. The van der Waals surface area contributed by atoms with Gasteiger partial charge in [0.05, 0.1) is 14.2 Å². The van der Waals surface area contributed by atoms with E-state index in [-0.39, 0.29) is 24.0 Å². The fraction of sp³-hybridized carbons (Fsp3) is 0.632. The summed E-state index contributed by atoms with van der Waals surface area (Å²) in [6.07, 6.45) is 1.04. The summed E-state index contributed by atoms with van der Waals surface area (Å²) in [5, 5.41) is 6.73. The molecule has 1 aromatic carbocycles. The van der Waals surface area contributed by atoms with Crippen molar-refractivity contribution in [3.63, 3.8) is 0 Å². The summed E-state index contributed by atoms with van der Waals surface area (Å²) in [6, 6.07) is 4.22. The minimum Gasteiger partial charge on any atom is -0.493 e. The molecule has 0 amide bonds. The normalized spacial score (nSPS) is 14.5. The van der Waals surface area contributed by atoms with Gasteiger partial charge in [0.15, 0.2) is 17.5 Å². The van der Waals surface area contributed by atoms with E-state index in [1.807, 2.05) is 7.05 Å². The van der Waals surface area contributed by atoms with Crippen LogP contribution >= 0.6 is 24.0 Å². The molecular formula is C19H33IN4O2. The monoisotopic (exact) mass is 476 g/mol. The average molecular weight is 476 g/mol. The molecule has 0 saturated carbocycles. The Kier molecular flexibility index (Phi) is 10.1. The number of halogens is 1. The quantitative estimate of drug-likeness (QED) is 0.360. The van der Waals surface area contributed by atoms with Crippen LogP contribution in [0.3, 0.4) is 0 Å². The number of fused-ring (bicyclic) bond motifs is 1. The molecule has 0 aromatic heterocycles. The van der Waals surface area contributed by atoms with Crippen molar-refractivity contribution in [2.45, 2.75) is 26.8 Å². The van der Waals surface area contributed by atoms with Crippen molar-refractivity contribution in [1.82, 2.24) is 15.5 Å². The third-order valence-electron chi connectivity index (χ3n) is 4.42. The smallest absolute Gasteiger partial charge is 0.191 e. The number of rotatable bonds is 7. The Morgan fingerprint density at radius 1 is 1.15 bits per heavy atom. The second kappa shape index (κ2) is 11.5. The Bertz CT molecular complexity index is 593. The number of nitrogens with one attached hydrogen (secondary N) is 2. The molecule has 1 aliphatic heterocycles. The van der Waals surface area contributed by atoms with Gasteiger partial charge in [-0.3, -0.25) is 9.89 Å². The Hall–Kier alpha value is -1.22. The van der Waals surface area contributed by atoms with E-state index >= 15 is 0 Å². The van der Waals surface area contributed by atoms with E-state index in [1.165, 1.54) is 11.1 Å². The van der Waals surface area contributed by atoms with E-state index in [9.17, 15) is 0 Å². The van der Waals surface area contributed by atoms with Crippen LogP contribution < -0.4 is 20.1 Å². The van der Waals surface area contributed by atoms with Gasteiger partial charge in [-0.25, -0.2) is 0 Å². The Balaban J connectivity index is 0.00000338. The topological polar surface area (TPSA) is 58.1 Å². The summed E-state index contributed by atoms with van der Waals surface area (Å²) >= 11 is 0. The molecule has 2 N–H and O–H groups in total. The molecular weight excluding hydrogens is 443 g/mol. The summed E-state index contributed by atoms with van der Waals surface area (Å²) in [6.45, 7) is 9.16. The van der Waals surface area contributed by atoms with Crippen molar-refractivity contribution < 1.29 is 9.47 Å². The van der Waals surface area contributed by atoms with E-state index in [4.69, 9.17) is 9.47 Å². The number of hydrogen-bond acceptors (Lipinski definition) is 4. The van der Waals surface area contributed by atoms with Gasteiger partial charge in [-0.15, -0.1) is 24.0 Å². The van der Waals surface area contributed by atoms with E-state index in [0.29, 0.717) is 5.92 Å². The van der Waals surface area contributed by atoms with Gasteiger partial charge in [-0.2, -0.15) is 0 Å². The van der Waals surface area contributed by atoms with Gasteiger partial charge in [0.2, 0.25) is 0 Å². The van der Waals surface area contributed by atoms with Crippen molar-refractivity contribution in [3.05, 3.63) is 23.3 Å². The van der Waals surface area contributed by atoms with Gasteiger partial charge in [-0.05, 0) is 35.6 Å². The zero-order valence-corrected chi connectivity index (χ0v) is 18.9. The SMILES string of the molecule is CN=C(NCCN1CCc2cc(OC)c(OC)cc2C1)NCC(C)C.I. The Labute approximate surface area is 174 Å². The van der Waals surface area contributed by atoms with Crippen LogP contribution in [0, 0.1) is 5.92 Å². The first kappa shape index (κ1) is 22.8. The van der Waals surface area contributed by atoms with E-state index in [2.05, 4.69) is 46.5 Å². The molecule has 0 radical (unpaired) electrons.